The molecule has 1 atom stereocenters. The van der Waals surface area contributed by atoms with E-state index >= 15 is 0 Å². The van der Waals surface area contributed by atoms with Crippen molar-refractivity contribution in [2.45, 2.75) is 18.7 Å². The van der Waals surface area contributed by atoms with Crippen LogP contribution in [0.1, 0.15) is 24.3 Å². The maximum atomic E-state index is 12.1. The van der Waals surface area contributed by atoms with Crippen LogP contribution in [0, 0.1) is 0 Å². The molecule has 0 aromatic heterocycles. The van der Waals surface area contributed by atoms with E-state index in [1.54, 1.807) is 11.8 Å². The van der Waals surface area contributed by atoms with Crippen molar-refractivity contribution in [3.63, 3.8) is 0 Å². The average Bonchev–Trinajstić information content (AvgIpc) is 2.82. The maximum Gasteiger partial charge on any atom is 0.233 e. The second kappa shape index (κ2) is 7.84. The lowest BCUT2D eigenvalue weighted by molar-refractivity contribution is -0.128. The molecule has 1 aliphatic rings. The van der Waals surface area contributed by atoms with Gasteiger partial charge < -0.3 is 9.64 Å². The number of carbonyl (C=O) groups is 1. The summed E-state index contributed by atoms with van der Waals surface area (Å²) in [6.07, 6.45) is 3.14. The van der Waals surface area contributed by atoms with E-state index in [-0.39, 0.29) is 11.3 Å². The van der Waals surface area contributed by atoms with Crippen molar-refractivity contribution in [3.05, 3.63) is 29.8 Å². The van der Waals surface area contributed by atoms with Crippen LogP contribution in [-0.2, 0) is 4.79 Å². The molecule has 110 valence electrons. The Balaban J connectivity index is 2.15. The number of carbonyl (C=O) groups excluding carboxylic acids is 1. The van der Waals surface area contributed by atoms with Crippen molar-refractivity contribution in [3.8, 4) is 5.75 Å². The van der Waals surface area contributed by atoms with E-state index in [1.165, 1.54) is 0 Å². The van der Waals surface area contributed by atoms with Gasteiger partial charge in [-0.25, -0.2) is 0 Å². The van der Waals surface area contributed by atoms with E-state index in [4.69, 9.17) is 4.74 Å². The van der Waals surface area contributed by atoms with E-state index in [0.29, 0.717) is 12.4 Å². The first-order valence-electron chi connectivity index (χ1n) is 6.89. The highest BCUT2D eigenvalue weighted by Gasteiger charge is 2.33. The lowest BCUT2D eigenvalue weighted by Crippen LogP contribution is -2.29. The third-order valence-corrected chi connectivity index (χ3v) is 5.14. The first-order valence-corrected chi connectivity index (χ1v) is 9.34. The van der Waals surface area contributed by atoms with E-state index in [1.807, 2.05) is 41.8 Å². The monoisotopic (exact) mass is 311 g/mol. The summed E-state index contributed by atoms with van der Waals surface area (Å²) in [7, 11) is 0. The van der Waals surface area contributed by atoms with Crippen LogP contribution >= 0.6 is 23.5 Å². The third kappa shape index (κ3) is 3.64. The van der Waals surface area contributed by atoms with Crippen LogP contribution in [0.25, 0.3) is 0 Å². The Morgan fingerprint density at radius 2 is 2.25 bits per heavy atom. The summed E-state index contributed by atoms with van der Waals surface area (Å²) in [5.41, 5.74) is 1.12. The summed E-state index contributed by atoms with van der Waals surface area (Å²) in [5, 5.41) is 0.104. The average molecular weight is 311 g/mol. The number of nitrogens with zero attached hydrogens (tertiary/aromatic N) is 1. The molecule has 1 aliphatic heterocycles. The van der Waals surface area contributed by atoms with Gasteiger partial charge in [0.25, 0.3) is 0 Å². The van der Waals surface area contributed by atoms with Gasteiger partial charge in [0.15, 0.2) is 0 Å². The van der Waals surface area contributed by atoms with Crippen LogP contribution in [0.5, 0.6) is 5.75 Å². The SMILES string of the molecule is CCOc1ccccc1C1SCC(=O)N1CCCSC. The van der Waals surface area contributed by atoms with E-state index in [9.17, 15) is 4.79 Å². The minimum atomic E-state index is 0.104. The summed E-state index contributed by atoms with van der Waals surface area (Å²) >= 11 is 3.52. The predicted molar refractivity (Wildman–Crippen MR) is 87.5 cm³/mol. The van der Waals surface area contributed by atoms with Gasteiger partial charge in [-0.15, -0.1) is 11.8 Å². The molecule has 1 unspecified atom stereocenters. The highest BCUT2D eigenvalue weighted by molar-refractivity contribution is 8.00. The van der Waals surface area contributed by atoms with E-state index in [2.05, 4.69) is 12.3 Å². The highest BCUT2D eigenvalue weighted by atomic mass is 32.2. The zero-order valence-electron chi connectivity index (χ0n) is 12.0. The molecule has 5 heteroatoms. The van der Waals surface area contributed by atoms with Gasteiger partial charge in [0.1, 0.15) is 11.1 Å². The molecular weight excluding hydrogens is 290 g/mol. The fourth-order valence-corrected chi connectivity index (χ4v) is 3.97. The molecule has 1 saturated heterocycles. The number of rotatable bonds is 7. The van der Waals surface area contributed by atoms with E-state index < -0.39 is 0 Å². The quantitative estimate of drug-likeness (QED) is 0.722. The van der Waals surface area contributed by atoms with Gasteiger partial charge in [-0.2, -0.15) is 11.8 Å². The van der Waals surface area contributed by atoms with Crippen LogP contribution in [0.4, 0.5) is 0 Å². The van der Waals surface area contributed by atoms with Crippen molar-refractivity contribution < 1.29 is 9.53 Å². The van der Waals surface area contributed by atoms with E-state index in [0.717, 1.165) is 30.0 Å². The van der Waals surface area contributed by atoms with Gasteiger partial charge in [-0.1, -0.05) is 18.2 Å². The Morgan fingerprint density at radius 3 is 3.00 bits per heavy atom. The molecule has 3 nitrogen and oxygen atoms in total. The fourth-order valence-electron chi connectivity index (χ4n) is 2.30. The Bertz CT molecular complexity index is 453. The number of hydrogen-bond donors (Lipinski definition) is 0. The van der Waals surface area contributed by atoms with Crippen LogP contribution < -0.4 is 4.74 Å². The summed E-state index contributed by atoms with van der Waals surface area (Å²) in [6.45, 7) is 3.46. The minimum Gasteiger partial charge on any atom is -0.493 e. The Labute approximate surface area is 129 Å². The number of thioether (sulfide) groups is 2. The summed E-state index contributed by atoms with van der Waals surface area (Å²) < 4.78 is 5.70. The van der Waals surface area contributed by atoms with Gasteiger partial charge in [0.05, 0.1) is 12.4 Å². The highest BCUT2D eigenvalue weighted by Crippen LogP contribution is 2.42. The smallest absolute Gasteiger partial charge is 0.233 e. The van der Waals surface area contributed by atoms with Crippen molar-refractivity contribution in [2.75, 3.05) is 30.9 Å². The first-order chi connectivity index (χ1) is 9.77. The van der Waals surface area contributed by atoms with Gasteiger partial charge in [-0.3, -0.25) is 4.79 Å². The van der Waals surface area contributed by atoms with Crippen LogP contribution in [0.15, 0.2) is 24.3 Å². The number of benzene rings is 1. The molecule has 1 amide bonds. The molecule has 0 bridgehead atoms. The van der Waals surface area contributed by atoms with Gasteiger partial charge in [0, 0.05) is 12.1 Å². The molecule has 2 rings (SSSR count). The van der Waals surface area contributed by atoms with Gasteiger partial charge in [0.2, 0.25) is 5.91 Å². The Morgan fingerprint density at radius 1 is 1.45 bits per heavy atom. The molecule has 1 aromatic carbocycles. The Hall–Kier alpha value is -0.810. The van der Waals surface area contributed by atoms with Crippen molar-refractivity contribution in [2.24, 2.45) is 0 Å². The Kier molecular flexibility index (Phi) is 6.10. The third-order valence-electron chi connectivity index (χ3n) is 3.20. The largest absolute Gasteiger partial charge is 0.493 e. The lowest BCUT2D eigenvalue weighted by Gasteiger charge is -2.25. The molecule has 1 heterocycles. The second-order valence-corrected chi connectivity index (χ2v) is 6.62. The molecule has 1 aromatic rings. The standard InChI is InChI=1S/C15H21NO2S2/c1-3-18-13-8-5-4-7-12(13)15-16(9-6-10-19-2)14(17)11-20-15/h4-5,7-8,15H,3,6,9-11H2,1-2H3. The first kappa shape index (κ1) is 15.6. The minimum absolute atomic E-state index is 0.104. The summed E-state index contributed by atoms with van der Waals surface area (Å²) in [6, 6.07) is 8.06. The van der Waals surface area contributed by atoms with Crippen molar-refractivity contribution in [1.82, 2.24) is 4.90 Å². The topological polar surface area (TPSA) is 29.5 Å². The number of ether oxygens (including phenoxy) is 1. The molecule has 0 spiro atoms. The van der Waals surface area contributed by atoms with Crippen LogP contribution in [0.2, 0.25) is 0 Å². The number of hydrogen-bond acceptors (Lipinski definition) is 4. The van der Waals surface area contributed by atoms with Crippen LogP contribution in [0.3, 0.4) is 0 Å². The van der Waals surface area contributed by atoms with Crippen LogP contribution in [-0.4, -0.2) is 41.7 Å². The number of para-hydroxylation sites is 1. The fraction of sp³-hybridized carbons (Fsp3) is 0.533. The summed E-state index contributed by atoms with van der Waals surface area (Å²) in [5.74, 6) is 2.81. The zero-order valence-corrected chi connectivity index (χ0v) is 13.6. The molecule has 0 saturated carbocycles. The molecule has 0 aliphatic carbocycles. The second-order valence-electron chi connectivity index (χ2n) is 4.57. The molecule has 1 fully saturated rings. The normalized spacial score (nSPS) is 18.6. The lowest BCUT2D eigenvalue weighted by atomic mass is 10.1. The maximum absolute atomic E-state index is 12.1. The van der Waals surface area contributed by atoms with Crippen molar-refractivity contribution in [1.29, 1.82) is 0 Å². The zero-order chi connectivity index (χ0) is 14.4. The molecule has 20 heavy (non-hydrogen) atoms. The molecule has 0 N–H and O–H groups in total. The summed E-state index contributed by atoms with van der Waals surface area (Å²) in [4.78, 5) is 14.1. The molecule has 0 radical (unpaired) electrons. The van der Waals surface area contributed by atoms with Crippen molar-refractivity contribution >= 4 is 29.4 Å². The number of amides is 1. The molecular formula is C15H21NO2S2. The van der Waals surface area contributed by atoms with Gasteiger partial charge in [-0.05, 0) is 31.4 Å². The van der Waals surface area contributed by atoms with Gasteiger partial charge >= 0.3 is 0 Å². The predicted octanol–water partition coefficient (Wildman–Crippen LogP) is 3.41.